The first-order chi connectivity index (χ1) is 7.84. The summed E-state index contributed by atoms with van der Waals surface area (Å²) in [6.45, 7) is 3.44. The van der Waals surface area contributed by atoms with E-state index >= 15 is 0 Å². The molecule has 1 fully saturated rings. The van der Waals surface area contributed by atoms with Crippen molar-refractivity contribution in [2.45, 2.75) is 39.0 Å². The van der Waals surface area contributed by atoms with Crippen LogP contribution in [-0.4, -0.2) is 11.5 Å². The van der Waals surface area contributed by atoms with E-state index in [1.54, 1.807) is 0 Å². The number of anilines is 1. The van der Waals surface area contributed by atoms with Crippen molar-refractivity contribution in [1.82, 2.24) is 4.98 Å². The van der Waals surface area contributed by atoms with E-state index in [0.29, 0.717) is 0 Å². The Morgan fingerprint density at radius 1 is 1.25 bits per heavy atom. The Balaban J connectivity index is 1.65. The van der Waals surface area contributed by atoms with Crippen LogP contribution in [0.1, 0.15) is 39.0 Å². The molecular weight excluding hydrogens is 196 g/mol. The number of pyridine rings is 1. The topological polar surface area (TPSA) is 24.9 Å². The molecule has 1 aromatic heterocycles. The van der Waals surface area contributed by atoms with Crippen molar-refractivity contribution in [2.75, 3.05) is 11.9 Å². The maximum absolute atomic E-state index is 4.26. The van der Waals surface area contributed by atoms with Gasteiger partial charge in [-0.2, -0.15) is 0 Å². The van der Waals surface area contributed by atoms with Crippen molar-refractivity contribution >= 4 is 5.82 Å². The zero-order chi connectivity index (χ0) is 11.2. The quantitative estimate of drug-likeness (QED) is 0.833. The lowest BCUT2D eigenvalue weighted by atomic mass is 9.81. The minimum Gasteiger partial charge on any atom is -0.370 e. The summed E-state index contributed by atoms with van der Waals surface area (Å²) in [5, 5.41) is 3.39. The Morgan fingerprint density at radius 3 is 2.75 bits per heavy atom. The maximum atomic E-state index is 4.26. The lowest BCUT2D eigenvalue weighted by Crippen LogP contribution is -2.16. The number of rotatable bonds is 4. The average molecular weight is 218 g/mol. The van der Waals surface area contributed by atoms with Crippen LogP contribution in [0.25, 0.3) is 0 Å². The smallest absolute Gasteiger partial charge is 0.125 e. The summed E-state index contributed by atoms with van der Waals surface area (Å²) in [5.74, 6) is 2.90. The fourth-order valence-electron chi connectivity index (χ4n) is 2.49. The highest BCUT2D eigenvalue weighted by molar-refractivity contribution is 5.32. The molecule has 1 aliphatic rings. The molecule has 2 rings (SSSR count). The third kappa shape index (κ3) is 3.51. The highest BCUT2D eigenvalue weighted by Crippen LogP contribution is 2.30. The Labute approximate surface area is 98.5 Å². The molecule has 2 nitrogen and oxygen atoms in total. The van der Waals surface area contributed by atoms with E-state index < -0.39 is 0 Å². The molecule has 0 amide bonds. The van der Waals surface area contributed by atoms with E-state index in [9.17, 15) is 0 Å². The first-order valence-corrected chi connectivity index (χ1v) is 6.49. The Kier molecular flexibility index (Phi) is 4.20. The van der Waals surface area contributed by atoms with Gasteiger partial charge in [-0.15, -0.1) is 0 Å². The van der Waals surface area contributed by atoms with Crippen LogP contribution in [0.3, 0.4) is 0 Å². The number of hydrogen-bond acceptors (Lipinski definition) is 2. The van der Waals surface area contributed by atoms with Crippen molar-refractivity contribution in [1.29, 1.82) is 0 Å². The summed E-state index contributed by atoms with van der Waals surface area (Å²) in [4.78, 5) is 4.26. The van der Waals surface area contributed by atoms with Gasteiger partial charge in [0.25, 0.3) is 0 Å². The molecule has 0 bridgehead atoms. The van der Waals surface area contributed by atoms with Gasteiger partial charge in [-0.25, -0.2) is 4.98 Å². The summed E-state index contributed by atoms with van der Waals surface area (Å²) >= 11 is 0. The average Bonchev–Trinajstić information content (AvgIpc) is 2.33. The Bertz CT molecular complexity index is 289. The van der Waals surface area contributed by atoms with Crippen molar-refractivity contribution < 1.29 is 0 Å². The van der Waals surface area contributed by atoms with E-state index in [2.05, 4.69) is 17.2 Å². The lowest BCUT2D eigenvalue weighted by Gasteiger charge is -2.26. The maximum Gasteiger partial charge on any atom is 0.125 e. The van der Waals surface area contributed by atoms with Gasteiger partial charge in [-0.3, -0.25) is 0 Å². The summed E-state index contributed by atoms with van der Waals surface area (Å²) in [6.07, 6.45) is 8.83. The van der Waals surface area contributed by atoms with Crippen molar-refractivity contribution in [3.8, 4) is 0 Å². The number of hydrogen-bond donors (Lipinski definition) is 1. The van der Waals surface area contributed by atoms with Crippen molar-refractivity contribution in [3.05, 3.63) is 24.4 Å². The first kappa shape index (κ1) is 11.4. The van der Waals surface area contributed by atoms with Crippen LogP contribution in [0.2, 0.25) is 0 Å². The SMILES string of the molecule is CC1CCC(CCNc2ccccn2)CC1. The van der Waals surface area contributed by atoms with Gasteiger partial charge < -0.3 is 5.32 Å². The molecule has 1 N–H and O–H groups in total. The van der Waals surface area contributed by atoms with Gasteiger partial charge in [0.15, 0.2) is 0 Å². The lowest BCUT2D eigenvalue weighted by molar-refractivity contribution is 0.282. The zero-order valence-corrected chi connectivity index (χ0v) is 10.2. The van der Waals surface area contributed by atoms with E-state index in [4.69, 9.17) is 0 Å². The van der Waals surface area contributed by atoms with Gasteiger partial charge in [0.2, 0.25) is 0 Å². The van der Waals surface area contributed by atoms with Crippen LogP contribution < -0.4 is 5.32 Å². The van der Waals surface area contributed by atoms with Crippen LogP contribution in [0.15, 0.2) is 24.4 Å². The summed E-state index contributed by atoms with van der Waals surface area (Å²) < 4.78 is 0. The third-order valence-corrected chi connectivity index (χ3v) is 3.66. The molecular formula is C14H22N2. The molecule has 0 aliphatic heterocycles. The van der Waals surface area contributed by atoms with Gasteiger partial charge in [0, 0.05) is 12.7 Å². The summed E-state index contributed by atoms with van der Waals surface area (Å²) in [6, 6.07) is 6.01. The molecule has 1 heterocycles. The van der Waals surface area contributed by atoms with Crippen LogP contribution in [0.4, 0.5) is 5.82 Å². The van der Waals surface area contributed by atoms with Crippen molar-refractivity contribution in [2.24, 2.45) is 11.8 Å². The summed E-state index contributed by atoms with van der Waals surface area (Å²) in [7, 11) is 0. The second-order valence-electron chi connectivity index (χ2n) is 5.06. The second-order valence-corrected chi connectivity index (χ2v) is 5.06. The minimum absolute atomic E-state index is 0.937. The van der Waals surface area contributed by atoms with Gasteiger partial charge in [-0.1, -0.05) is 38.7 Å². The predicted octanol–water partition coefficient (Wildman–Crippen LogP) is 3.71. The van der Waals surface area contributed by atoms with E-state index in [-0.39, 0.29) is 0 Å². The van der Waals surface area contributed by atoms with Gasteiger partial charge in [-0.05, 0) is 30.4 Å². The molecule has 1 saturated carbocycles. The number of nitrogens with zero attached hydrogens (tertiary/aromatic N) is 1. The molecule has 2 heteroatoms. The zero-order valence-electron chi connectivity index (χ0n) is 10.2. The predicted molar refractivity (Wildman–Crippen MR) is 68.5 cm³/mol. The highest BCUT2D eigenvalue weighted by Gasteiger charge is 2.17. The monoisotopic (exact) mass is 218 g/mol. The third-order valence-electron chi connectivity index (χ3n) is 3.66. The normalized spacial score (nSPS) is 25.3. The van der Waals surface area contributed by atoms with E-state index in [1.165, 1.54) is 32.1 Å². The molecule has 0 spiro atoms. The van der Waals surface area contributed by atoms with Crippen LogP contribution >= 0.6 is 0 Å². The van der Waals surface area contributed by atoms with E-state index in [1.807, 2.05) is 24.4 Å². The number of aromatic nitrogens is 1. The van der Waals surface area contributed by atoms with Gasteiger partial charge in [0.1, 0.15) is 5.82 Å². The fourth-order valence-corrected chi connectivity index (χ4v) is 2.49. The Hall–Kier alpha value is -1.05. The highest BCUT2D eigenvalue weighted by atomic mass is 15.0. The molecule has 16 heavy (non-hydrogen) atoms. The molecule has 0 atom stereocenters. The van der Waals surface area contributed by atoms with Crippen molar-refractivity contribution in [3.63, 3.8) is 0 Å². The van der Waals surface area contributed by atoms with Gasteiger partial charge >= 0.3 is 0 Å². The molecule has 0 radical (unpaired) electrons. The largest absolute Gasteiger partial charge is 0.370 e. The van der Waals surface area contributed by atoms with Crippen LogP contribution in [0, 0.1) is 11.8 Å². The molecule has 0 unspecified atom stereocenters. The Morgan fingerprint density at radius 2 is 2.06 bits per heavy atom. The molecule has 1 aliphatic carbocycles. The molecule has 88 valence electrons. The second kappa shape index (κ2) is 5.88. The van der Waals surface area contributed by atoms with Gasteiger partial charge in [0.05, 0.1) is 0 Å². The van der Waals surface area contributed by atoms with Crippen LogP contribution in [-0.2, 0) is 0 Å². The number of nitrogens with one attached hydrogen (secondary N) is 1. The molecule has 0 saturated heterocycles. The molecule has 1 aromatic rings. The van der Waals surface area contributed by atoms with E-state index in [0.717, 1.165) is 24.2 Å². The van der Waals surface area contributed by atoms with Crippen LogP contribution in [0.5, 0.6) is 0 Å². The fraction of sp³-hybridized carbons (Fsp3) is 0.643. The standard InChI is InChI=1S/C14H22N2/c1-12-5-7-13(8-6-12)9-11-16-14-4-2-3-10-15-14/h2-4,10,12-13H,5-9,11H2,1H3,(H,15,16). The molecule has 0 aromatic carbocycles. The minimum atomic E-state index is 0.937. The first-order valence-electron chi connectivity index (χ1n) is 6.49. The summed E-state index contributed by atoms with van der Waals surface area (Å²) in [5.41, 5.74) is 0.